The van der Waals surface area contributed by atoms with Gasteiger partial charge in [-0.15, -0.1) is 0 Å². The van der Waals surface area contributed by atoms with Crippen LogP contribution in [-0.4, -0.2) is 23.4 Å². The van der Waals surface area contributed by atoms with Crippen molar-refractivity contribution in [3.8, 4) is 5.69 Å². The van der Waals surface area contributed by atoms with Crippen LogP contribution in [0.3, 0.4) is 0 Å². The van der Waals surface area contributed by atoms with Gasteiger partial charge in [0.05, 0.1) is 18.0 Å². The summed E-state index contributed by atoms with van der Waals surface area (Å²) in [7, 11) is 1.71. The summed E-state index contributed by atoms with van der Waals surface area (Å²) in [5.74, 6) is 0. The second kappa shape index (κ2) is 7.07. The molecule has 1 aromatic carbocycles. The van der Waals surface area contributed by atoms with Crippen LogP contribution in [0, 0.1) is 0 Å². The Kier molecular flexibility index (Phi) is 5.12. The van der Waals surface area contributed by atoms with Crippen molar-refractivity contribution >= 4 is 0 Å². The molecule has 0 aliphatic rings. The van der Waals surface area contributed by atoms with E-state index in [-0.39, 0.29) is 0 Å². The Bertz CT molecular complexity index is 508. The van der Waals surface area contributed by atoms with Crippen molar-refractivity contribution < 1.29 is 4.74 Å². The number of ether oxygens (including phenoxy) is 1. The quantitative estimate of drug-likeness (QED) is 0.777. The molecule has 0 saturated heterocycles. The molecule has 102 valence electrons. The normalized spacial score (nSPS) is 10.8. The van der Waals surface area contributed by atoms with Gasteiger partial charge in [-0.05, 0) is 25.1 Å². The first-order valence-corrected chi connectivity index (χ1v) is 6.67. The maximum absolute atomic E-state index is 5.22. The first-order chi connectivity index (χ1) is 9.35. The molecule has 4 heteroatoms. The van der Waals surface area contributed by atoms with Crippen LogP contribution >= 0.6 is 0 Å². The van der Waals surface area contributed by atoms with Crippen molar-refractivity contribution in [1.82, 2.24) is 15.1 Å². The van der Waals surface area contributed by atoms with Gasteiger partial charge in [0.15, 0.2) is 0 Å². The molecule has 0 unspecified atom stereocenters. The molecule has 0 bridgehead atoms. The monoisotopic (exact) mass is 259 g/mol. The zero-order chi connectivity index (χ0) is 13.5. The second-order valence-electron chi connectivity index (χ2n) is 4.49. The molecule has 2 rings (SSSR count). The maximum atomic E-state index is 5.22. The largest absolute Gasteiger partial charge is 0.380 e. The fourth-order valence-electron chi connectivity index (χ4n) is 2.00. The highest BCUT2D eigenvalue weighted by Crippen LogP contribution is 2.15. The predicted molar refractivity (Wildman–Crippen MR) is 76.3 cm³/mol. The fraction of sp³-hybridized carbons (Fsp3) is 0.400. The van der Waals surface area contributed by atoms with E-state index in [1.165, 1.54) is 0 Å². The molecule has 0 atom stereocenters. The van der Waals surface area contributed by atoms with Crippen molar-refractivity contribution in [2.75, 3.05) is 13.7 Å². The Morgan fingerprint density at radius 3 is 2.89 bits per heavy atom. The van der Waals surface area contributed by atoms with Crippen LogP contribution in [0.25, 0.3) is 5.69 Å². The highest BCUT2D eigenvalue weighted by atomic mass is 16.5. The number of nitrogens with one attached hydrogen (secondary N) is 1. The van der Waals surface area contributed by atoms with E-state index in [2.05, 4.69) is 29.5 Å². The zero-order valence-corrected chi connectivity index (χ0v) is 11.6. The molecule has 0 aliphatic carbocycles. The molecule has 19 heavy (non-hydrogen) atoms. The summed E-state index contributed by atoms with van der Waals surface area (Å²) in [5, 5.41) is 7.95. The lowest BCUT2D eigenvalue weighted by molar-refractivity contribution is 0.184. The molecule has 1 aromatic heterocycles. The van der Waals surface area contributed by atoms with Gasteiger partial charge in [-0.1, -0.05) is 25.1 Å². The Balaban J connectivity index is 2.13. The van der Waals surface area contributed by atoms with Crippen LogP contribution in [0.15, 0.2) is 36.5 Å². The standard InChI is InChI=1S/C15H21N3O/c1-3-9-16-11-14-8-10-18(17-14)15-7-5-4-6-13(15)12-19-2/h4-8,10,16H,3,9,11-12H2,1-2H3. The Morgan fingerprint density at radius 2 is 2.11 bits per heavy atom. The third kappa shape index (κ3) is 3.66. The minimum atomic E-state index is 0.597. The smallest absolute Gasteiger partial charge is 0.0766 e. The molecule has 0 radical (unpaired) electrons. The van der Waals surface area contributed by atoms with Gasteiger partial charge in [0, 0.05) is 25.4 Å². The van der Waals surface area contributed by atoms with Gasteiger partial charge in [0.1, 0.15) is 0 Å². The van der Waals surface area contributed by atoms with Gasteiger partial charge < -0.3 is 10.1 Å². The van der Waals surface area contributed by atoms with Gasteiger partial charge in [-0.2, -0.15) is 5.10 Å². The van der Waals surface area contributed by atoms with Crippen LogP contribution in [0.4, 0.5) is 0 Å². The summed E-state index contributed by atoms with van der Waals surface area (Å²) < 4.78 is 7.14. The molecule has 1 N–H and O–H groups in total. The summed E-state index contributed by atoms with van der Waals surface area (Å²) in [5.41, 5.74) is 3.27. The summed E-state index contributed by atoms with van der Waals surface area (Å²) in [4.78, 5) is 0. The summed E-state index contributed by atoms with van der Waals surface area (Å²) >= 11 is 0. The zero-order valence-electron chi connectivity index (χ0n) is 11.6. The van der Waals surface area contributed by atoms with E-state index in [4.69, 9.17) is 4.74 Å². The summed E-state index contributed by atoms with van der Waals surface area (Å²) in [6.07, 6.45) is 3.13. The Hall–Kier alpha value is -1.65. The van der Waals surface area contributed by atoms with Crippen LogP contribution in [-0.2, 0) is 17.9 Å². The van der Waals surface area contributed by atoms with Gasteiger partial charge in [-0.25, -0.2) is 4.68 Å². The molecule has 4 nitrogen and oxygen atoms in total. The van der Waals surface area contributed by atoms with Gasteiger partial charge in [0.25, 0.3) is 0 Å². The Labute approximate surface area is 114 Å². The van der Waals surface area contributed by atoms with Gasteiger partial charge in [0.2, 0.25) is 0 Å². The number of hydrogen-bond donors (Lipinski definition) is 1. The molecule has 2 aromatic rings. The van der Waals surface area contributed by atoms with Gasteiger partial charge >= 0.3 is 0 Å². The van der Waals surface area contributed by atoms with E-state index in [1.807, 2.05) is 29.1 Å². The number of rotatable bonds is 7. The first-order valence-electron chi connectivity index (χ1n) is 6.67. The van der Waals surface area contributed by atoms with E-state index in [0.29, 0.717) is 6.61 Å². The molecule has 0 amide bonds. The van der Waals surface area contributed by atoms with Crippen molar-refractivity contribution in [3.63, 3.8) is 0 Å². The van der Waals surface area contributed by atoms with Crippen molar-refractivity contribution in [2.24, 2.45) is 0 Å². The topological polar surface area (TPSA) is 39.1 Å². The fourth-order valence-corrected chi connectivity index (χ4v) is 2.00. The number of aromatic nitrogens is 2. The van der Waals surface area contributed by atoms with Crippen molar-refractivity contribution in [2.45, 2.75) is 26.5 Å². The minimum Gasteiger partial charge on any atom is -0.380 e. The van der Waals surface area contributed by atoms with Crippen molar-refractivity contribution in [3.05, 3.63) is 47.8 Å². The molecule has 0 aliphatic heterocycles. The molecule has 0 saturated carbocycles. The minimum absolute atomic E-state index is 0.597. The summed E-state index contributed by atoms with van der Waals surface area (Å²) in [6, 6.07) is 10.2. The second-order valence-corrected chi connectivity index (χ2v) is 4.49. The lowest BCUT2D eigenvalue weighted by atomic mass is 10.2. The lowest BCUT2D eigenvalue weighted by Gasteiger charge is -2.08. The van der Waals surface area contributed by atoms with E-state index >= 15 is 0 Å². The average Bonchev–Trinajstić information content (AvgIpc) is 2.89. The predicted octanol–water partition coefficient (Wildman–Crippen LogP) is 2.52. The third-order valence-corrected chi connectivity index (χ3v) is 2.92. The number of benzene rings is 1. The molecule has 0 spiro atoms. The van der Waals surface area contributed by atoms with Gasteiger partial charge in [-0.3, -0.25) is 0 Å². The van der Waals surface area contributed by atoms with Crippen LogP contribution in [0.2, 0.25) is 0 Å². The maximum Gasteiger partial charge on any atom is 0.0766 e. The lowest BCUT2D eigenvalue weighted by Crippen LogP contribution is -2.14. The number of para-hydroxylation sites is 1. The van der Waals surface area contributed by atoms with E-state index in [0.717, 1.165) is 36.5 Å². The molecular weight excluding hydrogens is 238 g/mol. The van der Waals surface area contributed by atoms with Crippen LogP contribution in [0.5, 0.6) is 0 Å². The van der Waals surface area contributed by atoms with E-state index < -0.39 is 0 Å². The molecule has 0 fully saturated rings. The van der Waals surface area contributed by atoms with E-state index in [9.17, 15) is 0 Å². The average molecular weight is 259 g/mol. The third-order valence-electron chi connectivity index (χ3n) is 2.92. The number of nitrogens with zero attached hydrogens (tertiary/aromatic N) is 2. The van der Waals surface area contributed by atoms with Crippen molar-refractivity contribution in [1.29, 1.82) is 0 Å². The SMILES string of the molecule is CCCNCc1ccn(-c2ccccc2COC)n1. The molecule has 1 heterocycles. The molecular formula is C15H21N3O. The first kappa shape index (κ1) is 13.8. The number of methoxy groups -OCH3 is 1. The highest BCUT2D eigenvalue weighted by molar-refractivity contribution is 5.40. The Morgan fingerprint density at radius 1 is 1.26 bits per heavy atom. The van der Waals surface area contributed by atoms with E-state index in [1.54, 1.807) is 7.11 Å². The summed E-state index contributed by atoms with van der Waals surface area (Å²) in [6.45, 7) is 4.59. The highest BCUT2D eigenvalue weighted by Gasteiger charge is 2.05. The number of hydrogen-bond acceptors (Lipinski definition) is 3. The van der Waals surface area contributed by atoms with Crippen LogP contribution in [0.1, 0.15) is 24.6 Å². The van der Waals surface area contributed by atoms with Crippen LogP contribution < -0.4 is 5.32 Å².